The third kappa shape index (κ3) is 6.51. The lowest BCUT2D eigenvalue weighted by atomic mass is 10.5. The lowest BCUT2D eigenvalue weighted by Crippen LogP contribution is -2.18. The zero-order valence-electron chi connectivity index (χ0n) is 6.69. The molecule has 0 fully saturated rings. The van der Waals surface area contributed by atoms with Crippen molar-refractivity contribution in [3.63, 3.8) is 0 Å². The molecule has 0 saturated heterocycles. The Labute approximate surface area is 77.7 Å². The largest absolute Gasteiger partial charge is 0.396 e. The van der Waals surface area contributed by atoms with E-state index >= 15 is 0 Å². The molecule has 0 aliphatic carbocycles. The van der Waals surface area contributed by atoms with Crippen LogP contribution in [0.15, 0.2) is 0 Å². The van der Waals surface area contributed by atoms with Crippen LogP contribution in [-0.4, -0.2) is 36.6 Å². The van der Waals surface area contributed by atoms with Crippen LogP contribution in [0.3, 0.4) is 0 Å². The van der Waals surface area contributed by atoms with Gasteiger partial charge in [-0.05, 0) is 6.42 Å². The highest BCUT2D eigenvalue weighted by Gasteiger charge is 2.09. The maximum absolute atomic E-state index is 11.1. The summed E-state index contributed by atoms with van der Waals surface area (Å²) in [5.74, 6) is -0.00551. The van der Waals surface area contributed by atoms with Crippen molar-refractivity contribution < 1.29 is 13.5 Å². The fourth-order valence-electron chi connectivity index (χ4n) is 0.643. The molecule has 0 atom stereocenters. The minimum Gasteiger partial charge on any atom is -0.396 e. The van der Waals surface area contributed by atoms with E-state index < -0.39 is 9.84 Å². The second kappa shape index (κ2) is 5.45. The standard InChI is InChI=1S/C6H13NO3S2/c7-6(11)2-5-12(9,10)4-1-3-8/h8H,1-5H2,(H2,7,11). The van der Waals surface area contributed by atoms with Crippen molar-refractivity contribution in [1.82, 2.24) is 0 Å². The van der Waals surface area contributed by atoms with Crippen LogP contribution in [0.25, 0.3) is 0 Å². The number of nitrogens with two attached hydrogens (primary N) is 1. The van der Waals surface area contributed by atoms with Gasteiger partial charge >= 0.3 is 0 Å². The fraction of sp³-hybridized carbons (Fsp3) is 0.833. The van der Waals surface area contributed by atoms with E-state index in [1.165, 1.54) is 0 Å². The van der Waals surface area contributed by atoms with Crippen LogP contribution in [0.1, 0.15) is 12.8 Å². The van der Waals surface area contributed by atoms with Crippen molar-refractivity contribution >= 4 is 27.0 Å². The van der Waals surface area contributed by atoms with E-state index in [0.29, 0.717) is 0 Å². The summed E-state index contributed by atoms with van der Waals surface area (Å²) in [4.78, 5) is 0.211. The molecule has 4 nitrogen and oxygen atoms in total. The second-order valence-corrected chi connectivity index (χ2v) is 5.27. The maximum Gasteiger partial charge on any atom is 0.150 e. The Morgan fingerprint density at radius 2 is 2.00 bits per heavy atom. The molecule has 0 spiro atoms. The highest BCUT2D eigenvalue weighted by molar-refractivity contribution is 7.91. The number of rotatable bonds is 6. The van der Waals surface area contributed by atoms with E-state index in [0.717, 1.165) is 0 Å². The molecule has 72 valence electrons. The molecule has 12 heavy (non-hydrogen) atoms. The highest BCUT2D eigenvalue weighted by Crippen LogP contribution is 1.96. The molecule has 0 amide bonds. The van der Waals surface area contributed by atoms with Gasteiger partial charge in [-0.25, -0.2) is 8.42 Å². The Balaban J connectivity index is 3.80. The van der Waals surface area contributed by atoms with E-state index in [1.54, 1.807) is 0 Å². The summed E-state index contributed by atoms with van der Waals surface area (Å²) < 4.78 is 22.1. The summed E-state index contributed by atoms with van der Waals surface area (Å²) in [6.07, 6.45) is 0.503. The molecule has 6 heteroatoms. The minimum atomic E-state index is -3.07. The summed E-state index contributed by atoms with van der Waals surface area (Å²) in [5, 5.41) is 8.39. The lowest BCUT2D eigenvalue weighted by Gasteiger charge is -2.01. The predicted octanol–water partition coefficient (Wildman–Crippen LogP) is -0.540. The Morgan fingerprint density at radius 3 is 2.42 bits per heavy atom. The zero-order chi connectivity index (χ0) is 9.61. The van der Waals surface area contributed by atoms with Crippen molar-refractivity contribution in [3.05, 3.63) is 0 Å². The number of hydrogen-bond acceptors (Lipinski definition) is 4. The second-order valence-electron chi connectivity index (χ2n) is 2.45. The molecular formula is C6H13NO3S2. The molecule has 0 heterocycles. The van der Waals surface area contributed by atoms with E-state index in [-0.39, 0.29) is 35.9 Å². The van der Waals surface area contributed by atoms with Gasteiger partial charge in [-0.2, -0.15) is 0 Å². The smallest absolute Gasteiger partial charge is 0.150 e. The topological polar surface area (TPSA) is 80.4 Å². The summed E-state index contributed by atoms with van der Waals surface area (Å²) in [6.45, 7) is -0.105. The summed E-state index contributed by atoms with van der Waals surface area (Å²) in [6, 6.07) is 0. The van der Waals surface area contributed by atoms with Crippen LogP contribution < -0.4 is 5.73 Å². The van der Waals surface area contributed by atoms with Gasteiger partial charge in [0.1, 0.15) is 0 Å². The van der Waals surface area contributed by atoms with E-state index in [2.05, 4.69) is 12.2 Å². The minimum absolute atomic E-state index is 0.00606. The monoisotopic (exact) mass is 211 g/mol. The number of aliphatic hydroxyl groups excluding tert-OH is 1. The molecule has 3 N–H and O–H groups in total. The molecule has 0 aromatic carbocycles. The first kappa shape index (κ1) is 11.8. The fourth-order valence-corrected chi connectivity index (χ4v) is 2.18. The first-order valence-corrected chi connectivity index (χ1v) is 5.80. The average Bonchev–Trinajstić information content (AvgIpc) is 1.98. The van der Waals surface area contributed by atoms with Crippen LogP contribution in [0.4, 0.5) is 0 Å². The third-order valence-electron chi connectivity index (χ3n) is 1.27. The first-order chi connectivity index (χ1) is 5.48. The van der Waals surface area contributed by atoms with E-state index in [9.17, 15) is 8.42 Å². The van der Waals surface area contributed by atoms with Crippen molar-refractivity contribution in [2.24, 2.45) is 5.73 Å². The van der Waals surface area contributed by atoms with Crippen molar-refractivity contribution in [2.75, 3.05) is 18.1 Å². The van der Waals surface area contributed by atoms with Crippen LogP contribution in [0, 0.1) is 0 Å². The van der Waals surface area contributed by atoms with Gasteiger partial charge in [0.25, 0.3) is 0 Å². The third-order valence-corrected chi connectivity index (χ3v) is 3.21. The van der Waals surface area contributed by atoms with Gasteiger partial charge in [-0.1, -0.05) is 12.2 Å². The number of aliphatic hydroxyl groups is 1. The van der Waals surface area contributed by atoms with Crippen LogP contribution in [-0.2, 0) is 9.84 Å². The highest BCUT2D eigenvalue weighted by atomic mass is 32.2. The van der Waals surface area contributed by atoms with Gasteiger partial charge in [-0.15, -0.1) is 0 Å². The van der Waals surface area contributed by atoms with Crippen LogP contribution in [0.5, 0.6) is 0 Å². The number of hydrogen-bond donors (Lipinski definition) is 2. The van der Waals surface area contributed by atoms with Gasteiger partial charge in [0.15, 0.2) is 9.84 Å². The maximum atomic E-state index is 11.1. The Bertz CT molecular complexity index is 235. The molecule has 0 unspecified atom stereocenters. The van der Waals surface area contributed by atoms with Crippen LogP contribution >= 0.6 is 12.2 Å². The molecular weight excluding hydrogens is 198 g/mol. The van der Waals surface area contributed by atoms with E-state index in [1.807, 2.05) is 0 Å². The Kier molecular flexibility index (Phi) is 5.36. The molecule has 0 rings (SSSR count). The van der Waals surface area contributed by atoms with Crippen LogP contribution in [0.2, 0.25) is 0 Å². The summed E-state index contributed by atoms with van der Waals surface area (Å²) in [7, 11) is -3.07. The number of thiocarbonyl (C=S) groups is 1. The zero-order valence-corrected chi connectivity index (χ0v) is 8.33. The Morgan fingerprint density at radius 1 is 1.42 bits per heavy atom. The molecule has 0 saturated carbocycles. The van der Waals surface area contributed by atoms with Gasteiger partial charge in [0.05, 0.1) is 16.5 Å². The van der Waals surface area contributed by atoms with Gasteiger partial charge in [0.2, 0.25) is 0 Å². The van der Waals surface area contributed by atoms with Crippen molar-refractivity contribution in [3.8, 4) is 0 Å². The first-order valence-electron chi connectivity index (χ1n) is 3.57. The Hall–Kier alpha value is -0.200. The average molecular weight is 211 g/mol. The predicted molar refractivity (Wildman–Crippen MR) is 51.8 cm³/mol. The molecule has 0 aromatic rings. The number of sulfone groups is 1. The lowest BCUT2D eigenvalue weighted by molar-refractivity contribution is 0.295. The summed E-state index contributed by atoms with van der Waals surface area (Å²) in [5.41, 5.74) is 5.15. The quantitative estimate of drug-likeness (QED) is 0.577. The van der Waals surface area contributed by atoms with Crippen molar-refractivity contribution in [2.45, 2.75) is 12.8 Å². The van der Waals surface area contributed by atoms with Gasteiger partial charge in [0, 0.05) is 13.0 Å². The molecule has 0 radical (unpaired) electrons. The van der Waals surface area contributed by atoms with Gasteiger partial charge < -0.3 is 10.8 Å². The SMILES string of the molecule is NC(=S)CCS(=O)(=O)CCCO. The molecule has 0 bridgehead atoms. The molecule has 0 aliphatic rings. The normalized spacial score (nSPS) is 11.4. The molecule has 0 aromatic heterocycles. The molecule has 0 aliphatic heterocycles. The van der Waals surface area contributed by atoms with Gasteiger partial charge in [-0.3, -0.25) is 0 Å². The van der Waals surface area contributed by atoms with Crippen molar-refractivity contribution in [1.29, 1.82) is 0 Å². The van der Waals surface area contributed by atoms with E-state index in [4.69, 9.17) is 10.8 Å². The summed E-state index contributed by atoms with van der Waals surface area (Å²) >= 11 is 4.54.